The first-order chi connectivity index (χ1) is 59.0. The van der Waals surface area contributed by atoms with Crippen LogP contribution in [0.1, 0.15) is 96.2 Å². The van der Waals surface area contributed by atoms with Gasteiger partial charge in [-0.15, -0.1) is 12.6 Å². The van der Waals surface area contributed by atoms with Crippen LogP contribution in [0, 0.1) is 6.92 Å². The van der Waals surface area contributed by atoms with Crippen LogP contribution in [-0.4, -0.2) is 177 Å². The average molecular weight is 1710 g/mol. The number of anilines is 3. The van der Waals surface area contributed by atoms with Crippen LogP contribution in [0.5, 0.6) is 23.3 Å². The third-order valence-electron chi connectivity index (χ3n) is 18.5. The molecule has 0 aliphatic carbocycles. The van der Waals surface area contributed by atoms with E-state index in [0.29, 0.717) is 94.1 Å². The molecule has 0 radical (unpaired) electrons. The van der Waals surface area contributed by atoms with Gasteiger partial charge in [-0.3, -0.25) is 14.2 Å². The van der Waals surface area contributed by atoms with Crippen LogP contribution >= 0.6 is 47.9 Å². The number of ether oxygens (including phenoxy) is 8. The lowest BCUT2D eigenvalue weighted by Crippen LogP contribution is -2.35. The number of aromatic nitrogens is 8. The van der Waals surface area contributed by atoms with E-state index < -0.39 is 0 Å². The lowest BCUT2D eigenvalue weighted by Gasteiger charge is -2.24. The number of thiazole rings is 2. The smallest absolute Gasteiger partial charge is 0.272 e. The first kappa shape index (κ1) is 91.8. The molecule has 1 amide bonds. The third kappa shape index (κ3) is 28.9. The summed E-state index contributed by atoms with van der Waals surface area (Å²) in [6, 6.07) is 59.9. The summed E-state index contributed by atoms with van der Waals surface area (Å²) in [6.45, 7) is 17.0. The van der Waals surface area contributed by atoms with Crippen molar-refractivity contribution in [2.75, 3.05) is 136 Å². The number of hydrogen-bond donors (Lipinski definition) is 4. The number of rotatable bonds is 36. The summed E-state index contributed by atoms with van der Waals surface area (Å²) in [6.07, 6.45) is 22.6. The summed E-state index contributed by atoms with van der Waals surface area (Å²) in [4.78, 5) is 51.6. The molecule has 1 unspecified atom stereocenters. The largest absolute Gasteiger partial charge is 0.493 e. The van der Waals surface area contributed by atoms with E-state index in [2.05, 4.69) is 146 Å². The van der Waals surface area contributed by atoms with Crippen molar-refractivity contribution in [2.45, 2.75) is 64.8 Å². The highest BCUT2D eigenvalue weighted by Gasteiger charge is 2.21. The molecule has 632 valence electrons. The fraction of sp³-hybridized carbons (Fsp3) is 0.284. The fourth-order valence-electron chi connectivity index (χ4n) is 11.6. The predicted molar refractivity (Wildman–Crippen MR) is 503 cm³/mol. The predicted octanol–water partition coefficient (Wildman–Crippen LogP) is 21.0. The second kappa shape index (κ2) is 49.3. The first-order valence-corrected chi connectivity index (χ1v) is 43.0. The lowest BCUT2D eigenvalue weighted by atomic mass is 10.0. The number of nitrogens with zero attached hydrogens (tertiary/aromatic N) is 10. The molecule has 26 heteroatoms. The number of hydrogen-bond acceptors (Lipinski definition) is 24. The number of imidazole rings is 1. The highest BCUT2D eigenvalue weighted by atomic mass is 32.1. The Balaban J connectivity index is 0.000000159. The van der Waals surface area contributed by atoms with Crippen LogP contribution in [0.3, 0.4) is 0 Å². The van der Waals surface area contributed by atoms with E-state index in [-0.39, 0.29) is 11.9 Å². The van der Waals surface area contributed by atoms with Crippen molar-refractivity contribution < 1.29 is 47.1 Å². The second-order valence-corrected chi connectivity index (χ2v) is 30.5. The Morgan fingerprint density at radius 2 is 1.17 bits per heavy atom. The Bertz CT molecular complexity index is 5430. The summed E-state index contributed by atoms with van der Waals surface area (Å²) in [5, 5.41) is 9.21. The van der Waals surface area contributed by atoms with E-state index in [1.165, 1.54) is 5.56 Å². The van der Waals surface area contributed by atoms with Gasteiger partial charge in [0.2, 0.25) is 17.7 Å². The van der Waals surface area contributed by atoms with Gasteiger partial charge in [-0.05, 0) is 152 Å². The zero-order valence-electron chi connectivity index (χ0n) is 70.5. The molecule has 0 saturated heterocycles. The number of carbonyl (C=O) groups is 1. The normalized spacial score (nSPS) is 11.4. The van der Waals surface area contributed by atoms with E-state index >= 15 is 0 Å². The average Bonchev–Trinajstić information content (AvgIpc) is 1.75. The van der Waals surface area contributed by atoms with Crippen molar-refractivity contribution in [2.24, 2.45) is 0 Å². The maximum absolute atomic E-state index is 12.9. The van der Waals surface area contributed by atoms with Crippen LogP contribution in [-0.2, 0) is 18.9 Å². The highest BCUT2D eigenvalue weighted by molar-refractivity contribution is 7.80. The standard InChI is InChI=1S/C22H29NO3.C21H28N2O3.C21H22N2OS.C16H17N3O2S2.C15H12N4OS/c1-3-14-24-15-16-25-17-18-26-22-12-8-20(9-13-22)5-4-19-6-10-21(23-2)11-7-19;1-3-12-24-13-14-25-15-16-26-21-11-8-19(17-23-21)5-4-18-6-9-20(22-2)10-7-18;1-4-14(2)23(3)21(24)18-13-15-9-5-6-10-16(15)20(22-18)17-11-7-8-12-19(17)25;1-19(2)16-17-10-12(23-16)4-6-15-18-13-5-3-11(20-7-8-22)9-14(13)21-15;1-9-3-4-10(7-16-9)11-8-19-12-5-6-13(20-2)18-14(12)21-15(19)17-11/h4-13,23H,3,14-18H2,1-2H3;4-11,17,22H,3,12-16H2,1-2H3;5-14,25H,4H2,1-3H3;3-6,9-10,22H,7-8H2,1-2H3;3-8H,1-2H3/b2*5-4+;;6-4+;. The minimum atomic E-state index is -0.0574. The maximum atomic E-state index is 12.9. The van der Waals surface area contributed by atoms with Crippen molar-refractivity contribution in [3.05, 3.63) is 251 Å². The van der Waals surface area contributed by atoms with Crippen molar-refractivity contribution in [3.63, 3.8) is 0 Å². The Hall–Kier alpha value is -11.5. The van der Waals surface area contributed by atoms with Gasteiger partial charge in [0.25, 0.3) is 5.91 Å². The topological polar surface area (TPSA) is 229 Å². The molecule has 0 saturated carbocycles. The van der Waals surface area contributed by atoms with Crippen molar-refractivity contribution in [1.82, 2.24) is 44.2 Å². The van der Waals surface area contributed by atoms with E-state index in [1.54, 1.807) is 40.9 Å². The molecule has 0 bridgehead atoms. The third-order valence-corrected chi connectivity index (χ3v) is 21.1. The Labute approximate surface area is 728 Å². The van der Waals surface area contributed by atoms with Gasteiger partial charge in [0.05, 0.1) is 70.3 Å². The van der Waals surface area contributed by atoms with Gasteiger partial charge < -0.3 is 62.7 Å². The number of carbonyl (C=O) groups excluding carboxylic acids is 1. The summed E-state index contributed by atoms with van der Waals surface area (Å²) in [7, 11) is 11.2. The van der Waals surface area contributed by atoms with Crippen LogP contribution < -0.4 is 34.5 Å². The van der Waals surface area contributed by atoms with E-state index in [4.69, 9.17) is 47.3 Å². The van der Waals surface area contributed by atoms with Crippen LogP contribution in [0.15, 0.2) is 216 Å². The van der Waals surface area contributed by atoms with Gasteiger partial charge in [0.1, 0.15) is 40.8 Å². The van der Waals surface area contributed by atoms with Gasteiger partial charge in [0.15, 0.2) is 15.7 Å². The van der Waals surface area contributed by atoms with E-state index in [0.717, 1.165) is 147 Å². The molecule has 8 aromatic heterocycles. The van der Waals surface area contributed by atoms with Gasteiger partial charge >= 0.3 is 0 Å². The molecule has 1 atom stereocenters. The molecule has 0 aliphatic heterocycles. The number of thiol groups is 2. The maximum Gasteiger partial charge on any atom is 0.272 e. The number of aryl methyl sites for hydroxylation is 1. The molecule has 2 N–H and O–H groups in total. The number of benzene rings is 6. The van der Waals surface area contributed by atoms with E-state index in [9.17, 15) is 4.79 Å². The first-order valence-electron chi connectivity index (χ1n) is 40.3. The van der Waals surface area contributed by atoms with E-state index in [1.807, 2.05) is 236 Å². The highest BCUT2D eigenvalue weighted by Crippen LogP contribution is 2.34. The summed E-state index contributed by atoms with van der Waals surface area (Å²) < 4.78 is 51.3. The number of nitrogens with one attached hydrogen (secondary N) is 2. The molecule has 6 aromatic carbocycles. The van der Waals surface area contributed by atoms with Gasteiger partial charge in [-0.2, -0.15) is 12.6 Å². The number of amides is 1. The minimum Gasteiger partial charge on any atom is -0.493 e. The molecular weight excluding hydrogens is 1600 g/mol. The molecular formula is C95H108N12O10S4. The molecule has 0 spiro atoms. The quantitative estimate of drug-likeness (QED) is 0.0162. The number of methoxy groups -OCH3 is 1. The molecule has 22 nitrogen and oxygen atoms in total. The van der Waals surface area contributed by atoms with Crippen LogP contribution in [0.4, 0.5) is 16.5 Å². The Morgan fingerprint density at radius 1 is 0.570 bits per heavy atom. The van der Waals surface area contributed by atoms with Gasteiger partial charge in [0, 0.05) is 153 Å². The fourth-order valence-corrected chi connectivity index (χ4v) is 13.6. The molecule has 14 aromatic rings. The number of pyridine rings is 4. The monoisotopic (exact) mass is 1700 g/mol. The molecule has 0 fully saturated rings. The Morgan fingerprint density at radius 3 is 1.78 bits per heavy atom. The van der Waals surface area contributed by atoms with Crippen molar-refractivity contribution >= 4 is 144 Å². The zero-order valence-corrected chi connectivity index (χ0v) is 74.0. The Kier molecular flexibility index (Phi) is 37.4. The van der Waals surface area contributed by atoms with Gasteiger partial charge in [-0.25, -0.2) is 29.9 Å². The van der Waals surface area contributed by atoms with Crippen molar-refractivity contribution in [3.8, 4) is 45.8 Å². The number of oxazole rings is 1. The second-order valence-electron chi connectivity index (χ2n) is 27.6. The minimum absolute atomic E-state index is 0.0574. The zero-order chi connectivity index (χ0) is 85.5. The number of fused-ring (bicyclic) bond motifs is 5. The van der Waals surface area contributed by atoms with Gasteiger partial charge in [-0.1, -0.05) is 147 Å². The molecule has 8 heterocycles. The SMILES string of the molecule is CCC(C)N(C)C(=O)c1cc2ccccc2c(-c2ccccc2S)n1.CCCOCCOCCOc1ccc(/C=C/c2ccc(NC)cc2)cc1.CCCOCCOCCOc1ccc(/C=C/c2ccc(NC)cc2)cn1.CN(C)c1ncc(/C=C/c2nc3ccc(OCCS)cc3o2)s1.COc1ccc2c(n1)sc1nc(-c3ccc(C)nc3)cn12. The van der Waals surface area contributed by atoms with Crippen LogP contribution in [0.25, 0.3) is 96.2 Å². The molecule has 0 aliphatic rings. The summed E-state index contributed by atoms with van der Waals surface area (Å²) in [5.74, 6) is 4.01. The van der Waals surface area contributed by atoms with Crippen molar-refractivity contribution in [1.29, 1.82) is 0 Å². The molecule has 121 heavy (non-hydrogen) atoms. The summed E-state index contributed by atoms with van der Waals surface area (Å²) >= 11 is 11.9. The lowest BCUT2D eigenvalue weighted by molar-refractivity contribution is 0.0361. The van der Waals surface area contributed by atoms with Crippen LogP contribution in [0.2, 0.25) is 0 Å². The molecule has 14 rings (SSSR count). The summed E-state index contributed by atoms with van der Waals surface area (Å²) in [5.41, 5.74) is 14.4.